The zero-order valence-corrected chi connectivity index (χ0v) is 18.8. The van der Waals surface area contributed by atoms with E-state index >= 15 is 0 Å². The molecular formula is C29H32O2. The second kappa shape index (κ2) is 9.09. The standard InChI is InChI=1S/C29H32O2/c1-21-13-17-26(27(19-21)31-28(30)18-14-22-9-5-4-6-10-22)29(2,3)25-16-15-23-11-7-8-12-24(23)20-25/h4-12,14-16,18,20-21,26-27H,13,17,19H2,1-3H3/b18-14+/t21-,26-,27-/m1/s1. The lowest BCUT2D eigenvalue weighted by atomic mass is 9.64. The van der Waals surface area contributed by atoms with E-state index < -0.39 is 0 Å². The number of fused-ring (bicyclic) bond motifs is 1. The minimum Gasteiger partial charge on any atom is -0.459 e. The van der Waals surface area contributed by atoms with Crippen LogP contribution in [0.5, 0.6) is 0 Å². The van der Waals surface area contributed by atoms with Gasteiger partial charge in [-0.05, 0) is 52.1 Å². The molecule has 0 saturated heterocycles. The number of ether oxygens (including phenoxy) is 1. The number of hydrogen-bond donors (Lipinski definition) is 0. The first kappa shape index (κ1) is 21.4. The van der Waals surface area contributed by atoms with Gasteiger partial charge in [-0.25, -0.2) is 4.79 Å². The Morgan fingerprint density at radius 3 is 2.42 bits per heavy atom. The summed E-state index contributed by atoms with van der Waals surface area (Å²) in [5, 5.41) is 2.52. The third kappa shape index (κ3) is 4.90. The van der Waals surface area contributed by atoms with E-state index in [2.05, 4.69) is 63.2 Å². The molecule has 0 aromatic heterocycles. The molecule has 4 rings (SSSR count). The van der Waals surface area contributed by atoms with Gasteiger partial charge in [0.25, 0.3) is 0 Å². The second-order valence-corrected chi connectivity index (χ2v) is 9.53. The number of carbonyl (C=O) groups is 1. The molecule has 2 heteroatoms. The quantitative estimate of drug-likeness (QED) is 0.328. The molecule has 0 N–H and O–H groups in total. The Bertz CT molecular complexity index is 1060. The molecule has 1 fully saturated rings. The molecule has 0 bridgehead atoms. The lowest BCUT2D eigenvalue weighted by Crippen LogP contribution is -2.43. The Labute approximate surface area is 185 Å². The molecule has 3 atom stereocenters. The monoisotopic (exact) mass is 412 g/mol. The van der Waals surface area contributed by atoms with Crippen molar-refractivity contribution in [3.8, 4) is 0 Å². The van der Waals surface area contributed by atoms with Crippen LogP contribution in [0.15, 0.2) is 78.9 Å². The summed E-state index contributed by atoms with van der Waals surface area (Å²) in [7, 11) is 0. The van der Waals surface area contributed by atoms with Crippen LogP contribution in [-0.4, -0.2) is 12.1 Å². The summed E-state index contributed by atoms with van der Waals surface area (Å²) >= 11 is 0. The molecule has 3 aromatic rings. The highest BCUT2D eigenvalue weighted by Gasteiger charge is 2.41. The zero-order chi connectivity index (χ0) is 21.8. The molecule has 1 aliphatic rings. The molecule has 0 radical (unpaired) electrons. The van der Waals surface area contributed by atoms with Crippen LogP contribution < -0.4 is 0 Å². The van der Waals surface area contributed by atoms with Crippen LogP contribution in [0.4, 0.5) is 0 Å². The van der Waals surface area contributed by atoms with E-state index in [1.165, 1.54) is 22.8 Å². The van der Waals surface area contributed by atoms with Crippen LogP contribution in [0.2, 0.25) is 0 Å². The lowest BCUT2D eigenvalue weighted by molar-refractivity contribution is -0.150. The third-order valence-corrected chi connectivity index (χ3v) is 6.95. The van der Waals surface area contributed by atoms with Gasteiger partial charge in [0.05, 0.1) is 0 Å². The predicted molar refractivity (Wildman–Crippen MR) is 129 cm³/mol. The van der Waals surface area contributed by atoms with Crippen molar-refractivity contribution in [2.45, 2.75) is 51.6 Å². The van der Waals surface area contributed by atoms with Crippen LogP contribution in [0.3, 0.4) is 0 Å². The number of benzene rings is 3. The highest BCUT2D eigenvalue weighted by molar-refractivity contribution is 5.87. The van der Waals surface area contributed by atoms with E-state index in [4.69, 9.17) is 4.74 Å². The van der Waals surface area contributed by atoms with Gasteiger partial charge in [-0.2, -0.15) is 0 Å². The summed E-state index contributed by atoms with van der Waals surface area (Å²) in [6, 6.07) is 25.1. The summed E-state index contributed by atoms with van der Waals surface area (Å²) in [6.07, 6.45) is 6.49. The first-order valence-electron chi connectivity index (χ1n) is 11.4. The second-order valence-electron chi connectivity index (χ2n) is 9.53. The van der Waals surface area contributed by atoms with Crippen LogP contribution in [-0.2, 0) is 14.9 Å². The van der Waals surface area contributed by atoms with Crippen LogP contribution >= 0.6 is 0 Å². The summed E-state index contributed by atoms with van der Waals surface area (Å²) in [4.78, 5) is 12.7. The Morgan fingerprint density at radius 1 is 0.935 bits per heavy atom. The van der Waals surface area contributed by atoms with Gasteiger partial charge in [-0.1, -0.05) is 100.0 Å². The van der Waals surface area contributed by atoms with Gasteiger partial charge in [0.2, 0.25) is 0 Å². The molecule has 0 unspecified atom stereocenters. The maximum atomic E-state index is 12.7. The van der Waals surface area contributed by atoms with E-state index in [9.17, 15) is 4.79 Å². The molecule has 0 spiro atoms. The SMILES string of the molecule is C[C@@H]1CC[C@@H](C(C)(C)c2ccc3ccccc3c2)[C@H](OC(=O)/C=C/c2ccccc2)C1. The van der Waals surface area contributed by atoms with Crippen molar-refractivity contribution in [3.63, 3.8) is 0 Å². The van der Waals surface area contributed by atoms with E-state index in [0.717, 1.165) is 18.4 Å². The fourth-order valence-electron chi connectivity index (χ4n) is 5.01. The molecule has 0 heterocycles. The van der Waals surface area contributed by atoms with Crippen LogP contribution in [0.1, 0.15) is 51.2 Å². The number of esters is 1. The summed E-state index contributed by atoms with van der Waals surface area (Å²) in [5.74, 6) is 0.612. The number of hydrogen-bond acceptors (Lipinski definition) is 2. The molecule has 1 saturated carbocycles. The predicted octanol–water partition coefficient (Wildman–Crippen LogP) is 7.18. The normalized spacial score (nSPS) is 22.0. The summed E-state index contributed by atoms with van der Waals surface area (Å²) < 4.78 is 6.07. The average Bonchev–Trinajstić information content (AvgIpc) is 2.78. The molecular weight excluding hydrogens is 380 g/mol. The molecule has 31 heavy (non-hydrogen) atoms. The molecule has 2 nitrogen and oxygen atoms in total. The fourth-order valence-corrected chi connectivity index (χ4v) is 5.01. The number of rotatable bonds is 5. The zero-order valence-electron chi connectivity index (χ0n) is 18.8. The third-order valence-electron chi connectivity index (χ3n) is 6.95. The lowest BCUT2D eigenvalue weighted by Gasteiger charge is -2.44. The molecule has 3 aromatic carbocycles. The van der Waals surface area contributed by atoms with Crippen molar-refractivity contribution >= 4 is 22.8 Å². The minimum atomic E-state index is -0.248. The topological polar surface area (TPSA) is 26.3 Å². The van der Waals surface area contributed by atoms with Gasteiger partial charge in [0.1, 0.15) is 6.10 Å². The molecule has 0 aliphatic heterocycles. The van der Waals surface area contributed by atoms with Crippen molar-refractivity contribution < 1.29 is 9.53 Å². The first-order chi connectivity index (χ1) is 14.9. The minimum absolute atomic E-state index is 0.0712. The maximum absolute atomic E-state index is 12.7. The number of carbonyl (C=O) groups excluding carboxylic acids is 1. The molecule has 160 valence electrons. The van der Waals surface area contributed by atoms with Crippen molar-refractivity contribution in [2.75, 3.05) is 0 Å². The largest absolute Gasteiger partial charge is 0.459 e. The van der Waals surface area contributed by atoms with Crippen LogP contribution in [0.25, 0.3) is 16.8 Å². The Balaban J connectivity index is 1.55. The first-order valence-corrected chi connectivity index (χ1v) is 11.4. The van der Waals surface area contributed by atoms with Gasteiger partial charge in [0, 0.05) is 12.0 Å². The summed E-state index contributed by atoms with van der Waals surface area (Å²) in [6.45, 7) is 6.87. The van der Waals surface area contributed by atoms with Gasteiger partial charge in [0.15, 0.2) is 0 Å². The average molecular weight is 413 g/mol. The van der Waals surface area contributed by atoms with E-state index in [-0.39, 0.29) is 17.5 Å². The summed E-state index contributed by atoms with van der Waals surface area (Å²) in [5.41, 5.74) is 2.23. The van der Waals surface area contributed by atoms with E-state index in [1.54, 1.807) is 6.08 Å². The van der Waals surface area contributed by atoms with Crippen LogP contribution in [0, 0.1) is 11.8 Å². The van der Waals surface area contributed by atoms with Gasteiger partial charge >= 0.3 is 5.97 Å². The molecule has 0 amide bonds. The maximum Gasteiger partial charge on any atom is 0.331 e. The Kier molecular flexibility index (Phi) is 6.27. The highest BCUT2D eigenvalue weighted by atomic mass is 16.5. The Morgan fingerprint density at radius 2 is 1.65 bits per heavy atom. The van der Waals surface area contributed by atoms with E-state index in [1.807, 2.05) is 36.4 Å². The van der Waals surface area contributed by atoms with Gasteiger partial charge in [-0.3, -0.25) is 0 Å². The van der Waals surface area contributed by atoms with Crippen molar-refractivity contribution in [1.29, 1.82) is 0 Å². The van der Waals surface area contributed by atoms with Gasteiger partial charge < -0.3 is 4.74 Å². The fraction of sp³-hybridized carbons (Fsp3) is 0.345. The van der Waals surface area contributed by atoms with E-state index in [0.29, 0.717) is 11.8 Å². The van der Waals surface area contributed by atoms with Crippen molar-refractivity contribution in [2.24, 2.45) is 11.8 Å². The van der Waals surface area contributed by atoms with Crippen molar-refractivity contribution in [1.82, 2.24) is 0 Å². The highest BCUT2D eigenvalue weighted by Crippen LogP contribution is 2.44. The van der Waals surface area contributed by atoms with Crippen molar-refractivity contribution in [3.05, 3.63) is 90.0 Å². The molecule has 1 aliphatic carbocycles. The van der Waals surface area contributed by atoms with Gasteiger partial charge in [-0.15, -0.1) is 0 Å². The smallest absolute Gasteiger partial charge is 0.331 e. The Hall–Kier alpha value is -2.87.